The topological polar surface area (TPSA) is 105 Å². The summed E-state index contributed by atoms with van der Waals surface area (Å²) in [7, 11) is 2.00. The maximum Gasteiger partial charge on any atom is 0.0702 e. The molecule has 410 valence electrons. The fraction of sp³-hybridized carbons (Fsp3) is 0.0694. The molecule has 0 atom stereocenters. The molecule has 0 amide bonds. The molecule has 2 N–H and O–H groups in total. The number of aliphatic hydroxyl groups is 2. The zero-order valence-corrected chi connectivity index (χ0v) is 50.6. The molecule has 0 unspecified atom stereocenters. The van der Waals surface area contributed by atoms with E-state index in [2.05, 4.69) is 104 Å². The number of aliphatic hydroxyl groups excluding tert-OH is 2. The van der Waals surface area contributed by atoms with Crippen LogP contribution in [0.1, 0.15) is 17.1 Å². The van der Waals surface area contributed by atoms with E-state index in [4.69, 9.17) is 10.2 Å². The normalized spacial score (nSPS) is 9.47. The molecule has 0 spiro atoms. The van der Waals surface area contributed by atoms with E-state index in [9.17, 15) is 0 Å². The zero-order chi connectivity index (χ0) is 55.7. The molecular formula is C72H63Ir2N5O2-4. The minimum Gasteiger partial charge on any atom is -0.400 e. The summed E-state index contributed by atoms with van der Waals surface area (Å²) in [5.74, 6) is 0. The summed E-state index contributed by atoms with van der Waals surface area (Å²) in [4.78, 5) is 22.3. The smallest absolute Gasteiger partial charge is 0.0702 e. The van der Waals surface area contributed by atoms with Crippen LogP contribution in [0.2, 0.25) is 0 Å². The number of pyridine rings is 5. The number of nitrogens with zero attached hydrogens (tertiary/aromatic N) is 5. The van der Waals surface area contributed by atoms with Crippen LogP contribution in [0.3, 0.4) is 0 Å². The van der Waals surface area contributed by atoms with Crippen LogP contribution in [0.5, 0.6) is 0 Å². The van der Waals surface area contributed by atoms with E-state index in [0.717, 1.165) is 98.7 Å². The van der Waals surface area contributed by atoms with Crippen molar-refractivity contribution < 1.29 is 50.4 Å². The minimum absolute atomic E-state index is 0. The van der Waals surface area contributed by atoms with Gasteiger partial charge in [0.2, 0.25) is 0 Å². The molecule has 12 aromatic rings. The standard InChI is InChI=1S/C17H13N.C17H12N.3C12H10N.2CH4O.2Ir/c2*1-3-7-14(8-4-1)16-11-12-17(18-13-16)15-9-5-2-6-10-15;3*1-10-6-5-9-12(13-10)11-7-3-2-4-8-11;2*1-2;;/h1-13H;1-9,11-13H;3*2-7,9H,1H3;2*2H,1H3;;/q;4*-1;;;;. The van der Waals surface area contributed by atoms with Crippen LogP contribution in [-0.2, 0) is 40.2 Å². The Kier molecular flexibility index (Phi) is 30.0. The third kappa shape index (κ3) is 21.9. The second-order valence-corrected chi connectivity index (χ2v) is 17.1. The first kappa shape index (κ1) is 65.0. The molecule has 81 heavy (non-hydrogen) atoms. The van der Waals surface area contributed by atoms with Gasteiger partial charge in [-0.05, 0) is 84.5 Å². The summed E-state index contributed by atoms with van der Waals surface area (Å²) in [6.45, 7) is 5.98. The second-order valence-electron chi connectivity index (χ2n) is 17.1. The van der Waals surface area contributed by atoms with Gasteiger partial charge in [-0.3, -0.25) is 4.98 Å². The molecule has 0 saturated heterocycles. The van der Waals surface area contributed by atoms with Crippen LogP contribution in [0.15, 0.2) is 279 Å². The third-order valence-corrected chi connectivity index (χ3v) is 11.4. The van der Waals surface area contributed by atoms with Crippen molar-refractivity contribution in [3.05, 3.63) is 321 Å². The van der Waals surface area contributed by atoms with E-state index in [1.54, 1.807) is 0 Å². The number of aryl methyl sites for hydroxylation is 3. The average molecular weight is 1410 g/mol. The van der Waals surface area contributed by atoms with E-state index < -0.39 is 0 Å². The number of benzene rings is 7. The van der Waals surface area contributed by atoms with Crippen LogP contribution in [-0.4, -0.2) is 49.4 Å². The Hall–Kier alpha value is -8.49. The maximum absolute atomic E-state index is 7.00. The molecule has 9 heteroatoms. The minimum atomic E-state index is 0. The Morgan fingerprint density at radius 1 is 0.247 bits per heavy atom. The number of hydrogen-bond donors (Lipinski definition) is 2. The van der Waals surface area contributed by atoms with E-state index in [0.29, 0.717) is 0 Å². The summed E-state index contributed by atoms with van der Waals surface area (Å²) < 4.78 is 0. The molecule has 0 aliphatic heterocycles. The number of aromatic nitrogens is 5. The van der Waals surface area contributed by atoms with Gasteiger partial charge in [-0.1, -0.05) is 146 Å². The van der Waals surface area contributed by atoms with Gasteiger partial charge in [0.05, 0.1) is 5.69 Å². The molecule has 5 aromatic heterocycles. The number of rotatable bonds is 7. The Bertz CT molecular complexity index is 3110. The Morgan fingerprint density at radius 2 is 0.531 bits per heavy atom. The van der Waals surface area contributed by atoms with Gasteiger partial charge in [0.15, 0.2) is 0 Å². The van der Waals surface area contributed by atoms with Gasteiger partial charge in [0.1, 0.15) is 0 Å². The molecule has 7 nitrogen and oxygen atoms in total. The summed E-state index contributed by atoms with van der Waals surface area (Å²) in [6, 6.07) is 101. The summed E-state index contributed by atoms with van der Waals surface area (Å²) in [5, 5.41) is 14.0. The average Bonchev–Trinajstić information content (AvgIpc) is 3.54. The van der Waals surface area contributed by atoms with Gasteiger partial charge >= 0.3 is 0 Å². The van der Waals surface area contributed by atoms with E-state index in [1.807, 2.05) is 245 Å². The predicted octanol–water partition coefficient (Wildman–Crippen LogP) is 16.4. The van der Waals surface area contributed by atoms with Gasteiger partial charge in [0.25, 0.3) is 0 Å². The van der Waals surface area contributed by atoms with Crippen molar-refractivity contribution >= 4 is 0 Å². The van der Waals surface area contributed by atoms with Crippen LogP contribution in [0.25, 0.3) is 78.5 Å². The van der Waals surface area contributed by atoms with Crippen LogP contribution in [0.4, 0.5) is 0 Å². The van der Waals surface area contributed by atoms with Crippen LogP contribution < -0.4 is 0 Å². The molecule has 12 rings (SSSR count). The first-order valence-electron chi connectivity index (χ1n) is 25.6. The zero-order valence-electron chi connectivity index (χ0n) is 45.9. The Morgan fingerprint density at radius 3 is 0.802 bits per heavy atom. The molecular weight excluding hydrogens is 1350 g/mol. The molecule has 2 radical (unpaired) electrons. The van der Waals surface area contributed by atoms with Gasteiger partial charge in [-0.15, -0.1) is 144 Å². The Balaban J connectivity index is 0.000000215. The largest absolute Gasteiger partial charge is 0.400 e. The second kappa shape index (κ2) is 37.4. The molecule has 0 fully saturated rings. The molecule has 0 saturated carbocycles. The molecule has 0 aliphatic carbocycles. The fourth-order valence-electron chi connectivity index (χ4n) is 7.62. The van der Waals surface area contributed by atoms with Crippen LogP contribution >= 0.6 is 0 Å². The molecule has 0 aliphatic rings. The fourth-order valence-corrected chi connectivity index (χ4v) is 7.62. The maximum atomic E-state index is 7.00. The van der Waals surface area contributed by atoms with Crippen molar-refractivity contribution in [3.63, 3.8) is 0 Å². The van der Waals surface area contributed by atoms with E-state index in [-0.39, 0.29) is 40.2 Å². The van der Waals surface area contributed by atoms with Gasteiger partial charge < -0.3 is 30.1 Å². The predicted molar refractivity (Wildman–Crippen MR) is 325 cm³/mol. The quantitative estimate of drug-likeness (QED) is 0.153. The first-order chi connectivity index (χ1) is 38.9. The first-order valence-corrected chi connectivity index (χ1v) is 25.6. The van der Waals surface area contributed by atoms with Crippen molar-refractivity contribution in [2.75, 3.05) is 14.2 Å². The SMILES string of the molecule is CO.CO.Cc1cccc(-c2[c-]cccc2)n1.Cc1cccc(-c2[c-]cccc2)n1.Cc1cccc(-c2[c-]cccc2)n1.[Ir].[Ir].[c-]1ccccc1-c1ccc(-c2ccccc2)cn1.c1ccc(-c2ccc(-c3ccccc3)nc2)cc1. The van der Waals surface area contributed by atoms with Crippen molar-refractivity contribution in [1.82, 2.24) is 24.9 Å². The molecule has 7 aromatic carbocycles. The summed E-state index contributed by atoms with van der Waals surface area (Å²) in [6.07, 6.45) is 3.84. The summed E-state index contributed by atoms with van der Waals surface area (Å²) in [5.41, 5.74) is 18.0. The van der Waals surface area contributed by atoms with E-state index >= 15 is 0 Å². The van der Waals surface area contributed by atoms with Crippen molar-refractivity contribution in [2.45, 2.75) is 20.8 Å². The molecule has 5 heterocycles. The van der Waals surface area contributed by atoms with Crippen molar-refractivity contribution in [1.29, 1.82) is 0 Å². The molecule has 0 bridgehead atoms. The third-order valence-electron chi connectivity index (χ3n) is 11.4. The van der Waals surface area contributed by atoms with E-state index in [1.165, 1.54) is 11.1 Å². The van der Waals surface area contributed by atoms with Crippen molar-refractivity contribution in [3.8, 4) is 78.5 Å². The summed E-state index contributed by atoms with van der Waals surface area (Å²) >= 11 is 0. The van der Waals surface area contributed by atoms with Gasteiger partial charge in [-0.2, -0.15) is 0 Å². The van der Waals surface area contributed by atoms with Crippen molar-refractivity contribution in [2.24, 2.45) is 0 Å². The monoisotopic (exact) mass is 1420 g/mol. The van der Waals surface area contributed by atoms with Crippen LogP contribution in [0, 0.1) is 45.0 Å². The Labute approximate surface area is 506 Å². The van der Waals surface area contributed by atoms with Gasteiger partial charge in [-0.25, -0.2) is 0 Å². The van der Waals surface area contributed by atoms with Gasteiger partial charge in [0, 0.05) is 95.0 Å². The number of hydrogen-bond acceptors (Lipinski definition) is 7.